The minimum atomic E-state index is -0.00825. The summed E-state index contributed by atoms with van der Waals surface area (Å²) in [4.78, 5) is 0. The first-order valence-corrected chi connectivity index (χ1v) is 4.79. The standard InChI is InChI=1S/C9H12N4O3/c1-5(2)10-6-3-4-7(13(14)15)9-8(6)11-16-12-9/h3-5,10,14-15H,1-2H3. The molecule has 0 aliphatic heterocycles. The normalized spacial score (nSPS) is 11.1. The highest BCUT2D eigenvalue weighted by Crippen LogP contribution is 2.28. The Labute approximate surface area is 91.2 Å². The molecule has 0 saturated heterocycles. The molecule has 0 unspecified atom stereocenters. The van der Waals surface area contributed by atoms with Gasteiger partial charge >= 0.3 is 0 Å². The molecule has 0 radical (unpaired) electrons. The lowest BCUT2D eigenvalue weighted by atomic mass is 10.2. The van der Waals surface area contributed by atoms with Crippen molar-refractivity contribution < 1.29 is 15.0 Å². The Bertz CT molecular complexity index is 494. The van der Waals surface area contributed by atoms with E-state index in [2.05, 4.69) is 20.3 Å². The van der Waals surface area contributed by atoms with Gasteiger partial charge in [-0.15, -0.1) is 5.23 Å². The molecule has 0 fully saturated rings. The highest BCUT2D eigenvalue weighted by molar-refractivity contribution is 5.95. The molecule has 3 N–H and O–H groups in total. The van der Waals surface area contributed by atoms with Crippen molar-refractivity contribution in [3.8, 4) is 0 Å². The van der Waals surface area contributed by atoms with E-state index in [1.54, 1.807) is 6.07 Å². The van der Waals surface area contributed by atoms with Gasteiger partial charge in [0, 0.05) is 6.04 Å². The lowest BCUT2D eigenvalue weighted by Gasteiger charge is -2.12. The molecule has 0 atom stereocenters. The molecule has 0 bridgehead atoms. The zero-order valence-electron chi connectivity index (χ0n) is 8.88. The molecular formula is C9H12N4O3. The summed E-state index contributed by atoms with van der Waals surface area (Å²) in [6.45, 7) is 3.97. The molecule has 86 valence electrons. The van der Waals surface area contributed by atoms with Crippen molar-refractivity contribution in [1.82, 2.24) is 10.3 Å². The summed E-state index contributed by atoms with van der Waals surface area (Å²) in [6, 6.07) is 3.42. The van der Waals surface area contributed by atoms with Crippen LogP contribution in [0, 0.1) is 0 Å². The molecule has 16 heavy (non-hydrogen) atoms. The summed E-state index contributed by atoms with van der Waals surface area (Å²) in [6.07, 6.45) is 0. The molecule has 7 nitrogen and oxygen atoms in total. The number of hydrogen-bond donors (Lipinski definition) is 3. The number of aromatic nitrogens is 2. The van der Waals surface area contributed by atoms with Gasteiger partial charge in [-0.2, -0.15) is 0 Å². The molecule has 0 saturated carbocycles. The average Bonchev–Trinajstić information content (AvgIpc) is 2.65. The van der Waals surface area contributed by atoms with Crippen LogP contribution in [0.15, 0.2) is 16.8 Å². The van der Waals surface area contributed by atoms with Gasteiger partial charge in [0.05, 0.1) is 5.69 Å². The maximum Gasteiger partial charge on any atom is 0.165 e. The molecule has 0 amide bonds. The number of fused-ring (bicyclic) bond motifs is 1. The van der Waals surface area contributed by atoms with E-state index in [1.165, 1.54) is 6.07 Å². The lowest BCUT2D eigenvalue weighted by Crippen LogP contribution is -2.13. The van der Waals surface area contributed by atoms with Crippen molar-refractivity contribution in [1.29, 1.82) is 0 Å². The highest BCUT2D eigenvalue weighted by Gasteiger charge is 2.15. The summed E-state index contributed by atoms with van der Waals surface area (Å²) >= 11 is 0. The van der Waals surface area contributed by atoms with Gasteiger partial charge in [-0.25, -0.2) is 4.63 Å². The molecule has 7 heteroatoms. The van der Waals surface area contributed by atoms with Crippen LogP contribution in [0.2, 0.25) is 0 Å². The van der Waals surface area contributed by atoms with Crippen molar-refractivity contribution in [3.63, 3.8) is 0 Å². The van der Waals surface area contributed by atoms with E-state index in [9.17, 15) is 0 Å². The van der Waals surface area contributed by atoms with Crippen molar-refractivity contribution in [2.24, 2.45) is 0 Å². The molecule has 2 rings (SSSR count). The van der Waals surface area contributed by atoms with Crippen LogP contribution in [0.3, 0.4) is 0 Å². The van der Waals surface area contributed by atoms with Crippen LogP contribution in [0.4, 0.5) is 11.4 Å². The Kier molecular flexibility index (Phi) is 2.63. The number of benzene rings is 1. The van der Waals surface area contributed by atoms with E-state index in [0.29, 0.717) is 5.52 Å². The second kappa shape index (κ2) is 3.95. The lowest BCUT2D eigenvalue weighted by molar-refractivity contribution is 0.0298. The Morgan fingerprint density at radius 1 is 1.25 bits per heavy atom. The van der Waals surface area contributed by atoms with Gasteiger partial charge in [0.25, 0.3) is 0 Å². The highest BCUT2D eigenvalue weighted by atomic mass is 16.8. The molecule has 2 aromatic rings. The number of nitrogens with one attached hydrogen (secondary N) is 1. The van der Waals surface area contributed by atoms with Crippen LogP contribution in [-0.4, -0.2) is 26.8 Å². The second-order valence-electron chi connectivity index (χ2n) is 3.68. The summed E-state index contributed by atoms with van der Waals surface area (Å²) in [7, 11) is 0. The largest absolute Gasteiger partial charge is 0.381 e. The monoisotopic (exact) mass is 224 g/mol. The minimum Gasteiger partial charge on any atom is -0.381 e. The second-order valence-corrected chi connectivity index (χ2v) is 3.68. The third-order valence-electron chi connectivity index (χ3n) is 2.05. The van der Waals surface area contributed by atoms with Crippen LogP contribution in [0.1, 0.15) is 13.8 Å². The first kappa shape index (κ1) is 10.7. The molecule has 1 aromatic carbocycles. The molecule has 1 aromatic heterocycles. The van der Waals surface area contributed by atoms with E-state index in [0.717, 1.165) is 5.69 Å². The molecule has 0 spiro atoms. The van der Waals surface area contributed by atoms with Crippen molar-refractivity contribution >= 4 is 22.4 Å². The van der Waals surface area contributed by atoms with E-state index >= 15 is 0 Å². The van der Waals surface area contributed by atoms with E-state index in [-0.39, 0.29) is 22.5 Å². The topological polar surface area (TPSA) is 94.7 Å². The fourth-order valence-corrected chi connectivity index (χ4v) is 1.44. The molecular weight excluding hydrogens is 212 g/mol. The van der Waals surface area contributed by atoms with Crippen LogP contribution in [0.25, 0.3) is 11.0 Å². The quantitative estimate of drug-likeness (QED) is 0.682. The SMILES string of the molecule is CC(C)Nc1ccc(N(O)O)c2nonc12. The van der Waals surface area contributed by atoms with Gasteiger partial charge in [-0.1, -0.05) is 0 Å². The fraction of sp³-hybridized carbons (Fsp3) is 0.333. The Balaban J connectivity index is 2.55. The van der Waals surface area contributed by atoms with E-state index < -0.39 is 0 Å². The van der Waals surface area contributed by atoms with Gasteiger partial charge in [0.2, 0.25) is 0 Å². The van der Waals surface area contributed by atoms with Gasteiger partial charge < -0.3 is 5.32 Å². The Morgan fingerprint density at radius 3 is 2.56 bits per heavy atom. The molecule has 0 aliphatic rings. The maximum atomic E-state index is 8.97. The smallest absolute Gasteiger partial charge is 0.165 e. The van der Waals surface area contributed by atoms with Gasteiger partial charge in [0.15, 0.2) is 11.0 Å². The number of nitrogens with zero attached hydrogens (tertiary/aromatic N) is 3. The zero-order chi connectivity index (χ0) is 11.7. The van der Waals surface area contributed by atoms with E-state index in [1.807, 2.05) is 13.8 Å². The maximum absolute atomic E-state index is 8.97. The summed E-state index contributed by atoms with van der Waals surface area (Å²) < 4.78 is 4.59. The number of hydrogen-bond acceptors (Lipinski definition) is 7. The predicted octanol–water partition coefficient (Wildman–Crippen LogP) is 1.63. The van der Waals surface area contributed by atoms with Gasteiger partial charge in [0.1, 0.15) is 5.69 Å². The zero-order valence-corrected chi connectivity index (χ0v) is 8.88. The number of rotatable bonds is 3. The Hall–Kier alpha value is -1.86. The summed E-state index contributed by atoms with van der Waals surface area (Å²) in [5.74, 6) is 0. The summed E-state index contributed by atoms with van der Waals surface area (Å²) in [5, 5.41) is 28.4. The van der Waals surface area contributed by atoms with Crippen LogP contribution >= 0.6 is 0 Å². The Morgan fingerprint density at radius 2 is 1.94 bits per heavy atom. The first-order valence-electron chi connectivity index (χ1n) is 4.79. The van der Waals surface area contributed by atoms with Crippen LogP contribution in [0.5, 0.6) is 0 Å². The van der Waals surface area contributed by atoms with Crippen molar-refractivity contribution in [2.75, 3.05) is 10.5 Å². The third-order valence-corrected chi connectivity index (χ3v) is 2.05. The predicted molar refractivity (Wildman–Crippen MR) is 56.6 cm³/mol. The minimum absolute atomic E-state index is 0.00825. The fourth-order valence-electron chi connectivity index (χ4n) is 1.44. The van der Waals surface area contributed by atoms with Crippen LogP contribution < -0.4 is 10.5 Å². The van der Waals surface area contributed by atoms with E-state index in [4.69, 9.17) is 10.4 Å². The molecule has 1 heterocycles. The first-order chi connectivity index (χ1) is 7.59. The van der Waals surface area contributed by atoms with Crippen molar-refractivity contribution in [2.45, 2.75) is 19.9 Å². The number of anilines is 2. The molecule has 0 aliphatic carbocycles. The van der Waals surface area contributed by atoms with Crippen molar-refractivity contribution in [3.05, 3.63) is 12.1 Å². The van der Waals surface area contributed by atoms with Crippen LogP contribution in [-0.2, 0) is 0 Å². The average molecular weight is 224 g/mol. The van der Waals surface area contributed by atoms with Gasteiger partial charge in [-0.05, 0) is 36.3 Å². The summed E-state index contributed by atoms with van der Waals surface area (Å²) in [5.41, 5.74) is 1.59. The third kappa shape index (κ3) is 1.77. The van der Waals surface area contributed by atoms with Gasteiger partial charge in [-0.3, -0.25) is 10.4 Å².